The van der Waals surface area contributed by atoms with Crippen molar-refractivity contribution in [3.63, 3.8) is 0 Å². The SMILES string of the molecule is CC(Nc1cccc(F)c1C#N)C(C)(C)C. The van der Waals surface area contributed by atoms with Gasteiger partial charge in [-0.15, -0.1) is 0 Å². The second-order valence-corrected chi connectivity index (χ2v) is 5.01. The lowest BCUT2D eigenvalue weighted by Gasteiger charge is -2.29. The Kier molecular flexibility index (Phi) is 3.54. The average molecular weight is 220 g/mol. The van der Waals surface area contributed by atoms with Gasteiger partial charge in [0.2, 0.25) is 0 Å². The second kappa shape index (κ2) is 4.52. The van der Waals surface area contributed by atoms with E-state index in [1.807, 2.05) is 13.0 Å². The van der Waals surface area contributed by atoms with Gasteiger partial charge >= 0.3 is 0 Å². The Balaban J connectivity index is 2.99. The molecule has 0 saturated heterocycles. The molecule has 1 aromatic rings. The number of rotatable bonds is 2. The zero-order valence-electron chi connectivity index (χ0n) is 10.1. The lowest BCUT2D eigenvalue weighted by Crippen LogP contribution is -2.31. The summed E-state index contributed by atoms with van der Waals surface area (Å²) in [5.41, 5.74) is 0.697. The van der Waals surface area contributed by atoms with Crippen LogP contribution in [0.5, 0.6) is 0 Å². The third-order valence-electron chi connectivity index (χ3n) is 2.80. The van der Waals surface area contributed by atoms with E-state index < -0.39 is 5.82 Å². The van der Waals surface area contributed by atoms with Crippen molar-refractivity contribution in [3.05, 3.63) is 29.6 Å². The van der Waals surface area contributed by atoms with Gasteiger partial charge in [-0.1, -0.05) is 26.8 Å². The Morgan fingerprint density at radius 3 is 2.50 bits per heavy atom. The maximum atomic E-state index is 13.3. The number of nitrogens with zero attached hydrogens (tertiary/aromatic N) is 1. The minimum Gasteiger partial charge on any atom is -0.381 e. The van der Waals surface area contributed by atoms with E-state index >= 15 is 0 Å². The van der Waals surface area contributed by atoms with Gasteiger partial charge in [0, 0.05) is 6.04 Å². The van der Waals surface area contributed by atoms with E-state index in [9.17, 15) is 4.39 Å². The van der Waals surface area contributed by atoms with Crippen LogP contribution < -0.4 is 5.32 Å². The second-order valence-electron chi connectivity index (χ2n) is 5.01. The van der Waals surface area contributed by atoms with E-state index in [0.29, 0.717) is 5.69 Å². The van der Waals surface area contributed by atoms with E-state index in [2.05, 4.69) is 26.1 Å². The molecule has 0 aliphatic rings. The zero-order valence-corrected chi connectivity index (χ0v) is 10.1. The summed E-state index contributed by atoms with van der Waals surface area (Å²) < 4.78 is 13.3. The van der Waals surface area contributed by atoms with Gasteiger partial charge in [-0.3, -0.25) is 0 Å². The van der Waals surface area contributed by atoms with Crippen LogP contribution in [0.3, 0.4) is 0 Å². The fourth-order valence-corrected chi connectivity index (χ4v) is 1.21. The monoisotopic (exact) mass is 220 g/mol. The van der Waals surface area contributed by atoms with Crippen LogP contribution in [-0.4, -0.2) is 6.04 Å². The first-order valence-electron chi connectivity index (χ1n) is 5.31. The quantitative estimate of drug-likeness (QED) is 0.827. The van der Waals surface area contributed by atoms with Gasteiger partial charge in [0.05, 0.1) is 5.69 Å². The van der Waals surface area contributed by atoms with Crippen molar-refractivity contribution in [1.82, 2.24) is 0 Å². The van der Waals surface area contributed by atoms with Gasteiger partial charge in [0.15, 0.2) is 0 Å². The van der Waals surface area contributed by atoms with Crippen LogP contribution in [0.1, 0.15) is 33.3 Å². The number of nitriles is 1. The number of halogens is 1. The van der Waals surface area contributed by atoms with E-state index in [0.717, 1.165) is 0 Å². The molecule has 1 N–H and O–H groups in total. The Labute approximate surface area is 96.1 Å². The van der Waals surface area contributed by atoms with Crippen molar-refractivity contribution in [2.24, 2.45) is 5.41 Å². The van der Waals surface area contributed by atoms with Crippen molar-refractivity contribution in [1.29, 1.82) is 5.26 Å². The molecule has 0 spiro atoms. The molecule has 0 aliphatic carbocycles. The van der Waals surface area contributed by atoms with Crippen LogP contribution in [-0.2, 0) is 0 Å². The molecule has 0 bridgehead atoms. The molecule has 16 heavy (non-hydrogen) atoms. The normalized spacial score (nSPS) is 13.0. The fraction of sp³-hybridized carbons (Fsp3) is 0.462. The van der Waals surface area contributed by atoms with Crippen molar-refractivity contribution in [2.45, 2.75) is 33.7 Å². The standard InChI is InChI=1S/C13H17FN2/c1-9(13(2,3)4)16-12-7-5-6-11(14)10(12)8-15/h5-7,9,16H,1-4H3. The van der Waals surface area contributed by atoms with E-state index in [4.69, 9.17) is 5.26 Å². The summed E-state index contributed by atoms with van der Waals surface area (Å²) in [6.07, 6.45) is 0. The van der Waals surface area contributed by atoms with Crippen molar-refractivity contribution in [2.75, 3.05) is 5.32 Å². The van der Waals surface area contributed by atoms with Crippen molar-refractivity contribution in [3.8, 4) is 6.07 Å². The van der Waals surface area contributed by atoms with Gasteiger partial charge in [-0.25, -0.2) is 4.39 Å². The van der Waals surface area contributed by atoms with Gasteiger partial charge in [0.25, 0.3) is 0 Å². The lowest BCUT2D eigenvalue weighted by atomic mass is 9.88. The molecule has 3 heteroatoms. The largest absolute Gasteiger partial charge is 0.381 e. The number of anilines is 1. The first-order valence-corrected chi connectivity index (χ1v) is 5.31. The highest BCUT2D eigenvalue weighted by molar-refractivity contribution is 5.58. The summed E-state index contributed by atoms with van der Waals surface area (Å²) in [7, 11) is 0. The minimum atomic E-state index is -0.478. The average Bonchev–Trinajstić information content (AvgIpc) is 2.16. The highest BCUT2D eigenvalue weighted by atomic mass is 19.1. The number of hydrogen-bond acceptors (Lipinski definition) is 2. The molecule has 0 saturated carbocycles. The summed E-state index contributed by atoms with van der Waals surface area (Å²) >= 11 is 0. The minimum absolute atomic E-state index is 0.0546. The van der Waals surface area contributed by atoms with Gasteiger partial charge in [-0.2, -0.15) is 5.26 Å². The first-order chi connectivity index (χ1) is 7.36. The molecule has 0 aliphatic heterocycles. The summed E-state index contributed by atoms with van der Waals surface area (Å²) in [4.78, 5) is 0. The number of nitrogens with one attached hydrogen (secondary N) is 1. The maximum Gasteiger partial charge on any atom is 0.143 e. The predicted molar refractivity (Wildman–Crippen MR) is 63.7 cm³/mol. The molecule has 0 heterocycles. The molecule has 86 valence electrons. The lowest BCUT2D eigenvalue weighted by molar-refractivity contribution is 0.359. The van der Waals surface area contributed by atoms with Crippen molar-refractivity contribution < 1.29 is 4.39 Å². The Bertz CT molecular complexity index is 413. The van der Waals surface area contributed by atoms with Crippen LogP contribution in [0.2, 0.25) is 0 Å². The van der Waals surface area contributed by atoms with Gasteiger partial charge in [-0.05, 0) is 24.5 Å². The third-order valence-corrected chi connectivity index (χ3v) is 2.80. The number of benzene rings is 1. The van der Waals surface area contributed by atoms with Crippen LogP contribution >= 0.6 is 0 Å². The van der Waals surface area contributed by atoms with Crippen LogP contribution in [0.15, 0.2) is 18.2 Å². The van der Waals surface area contributed by atoms with Crippen LogP contribution in [0, 0.1) is 22.6 Å². The van der Waals surface area contributed by atoms with Crippen LogP contribution in [0.4, 0.5) is 10.1 Å². The Hall–Kier alpha value is -1.56. The highest BCUT2D eigenvalue weighted by Crippen LogP contribution is 2.25. The molecule has 0 aromatic heterocycles. The molecule has 1 rings (SSSR count). The van der Waals surface area contributed by atoms with Gasteiger partial charge in [0.1, 0.15) is 17.4 Å². The third kappa shape index (κ3) is 2.73. The molecule has 1 atom stereocenters. The Morgan fingerprint density at radius 1 is 1.38 bits per heavy atom. The molecule has 0 fully saturated rings. The molecule has 0 radical (unpaired) electrons. The predicted octanol–water partition coefficient (Wildman–Crippen LogP) is 3.54. The molecular formula is C13H17FN2. The smallest absolute Gasteiger partial charge is 0.143 e. The number of hydrogen-bond donors (Lipinski definition) is 1. The van der Waals surface area contributed by atoms with E-state index in [1.165, 1.54) is 6.07 Å². The van der Waals surface area contributed by atoms with E-state index in [1.54, 1.807) is 12.1 Å². The van der Waals surface area contributed by atoms with Crippen LogP contribution in [0.25, 0.3) is 0 Å². The summed E-state index contributed by atoms with van der Waals surface area (Å²) in [6.45, 7) is 8.30. The Morgan fingerprint density at radius 2 is 2.00 bits per heavy atom. The molecular weight excluding hydrogens is 203 g/mol. The fourth-order valence-electron chi connectivity index (χ4n) is 1.21. The molecule has 0 amide bonds. The highest BCUT2D eigenvalue weighted by Gasteiger charge is 2.21. The summed E-state index contributed by atoms with van der Waals surface area (Å²) in [5, 5.41) is 12.1. The first kappa shape index (κ1) is 12.5. The molecule has 1 unspecified atom stereocenters. The zero-order chi connectivity index (χ0) is 12.3. The van der Waals surface area contributed by atoms with Crippen molar-refractivity contribution >= 4 is 5.69 Å². The molecule has 1 aromatic carbocycles. The summed E-state index contributed by atoms with van der Waals surface area (Å²) in [5.74, 6) is -0.478. The summed E-state index contributed by atoms with van der Waals surface area (Å²) in [6, 6.07) is 6.67. The maximum absolute atomic E-state index is 13.3. The van der Waals surface area contributed by atoms with E-state index in [-0.39, 0.29) is 17.0 Å². The topological polar surface area (TPSA) is 35.8 Å². The van der Waals surface area contributed by atoms with Gasteiger partial charge < -0.3 is 5.32 Å². The molecule has 2 nitrogen and oxygen atoms in total.